The summed E-state index contributed by atoms with van der Waals surface area (Å²) >= 11 is 1.56. The molecule has 0 fully saturated rings. The Morgan fingerprint density at radius 2 is 1.67 bits per heavy atom. The molecule has 5 nitrogen and oxygen atoms in total. The summed E-state index contributed by atoms with van der Waals surface area (Å²) < 4.78 is 5.23. The number of amides is 2. The van der Waals surface area contributed by atoms with Crippen LogP contribution >= 0.6 is 11.8 Å². The zero-order valence-corrected chi connectivity index (χ0v) is 22.2. The third-order valence-corrected chi connectivity index (χ3v) is 6.90. The van der Waals surface area contributed by atoms with Gasteiger partial charge in [0.2, 0.25) is 11.8 Å². The van der Waals surface area contributed by atoms with Crippen LogP contribution in [0.5, 0.6) is 5.75 Å². The first-order valence-electron chi connectivity index (χ1n) is 12.4. The average Bonchev–Trinajstić information content (AvgIpc) is 2.90. The molecule has 1 N–H and O–H groups in total. The number of carbonyl (C=O) groups is 2. The average molecular weight is 505 g/mol. The second-order valence-corrected chi connectivity index (χ2v) is 9.83. The maximum Gasteiger partial charge on any atom is 0.243 e. The Balaban J connectivity index is 1.81. The SMILES string of the molecule is CCCNC(=O)[C@@H](Cc1ccccc1)N(Cc1cccc(C)c1)C(=O)CSCc1ccc(OC)cc1. The van der Waals surface area contributed by atoms with Crippen LogP contribution in [-0.2, 0) is 28.3 Å². The third-order valence-electron chi connectivity index (χ3n) is 5.91. The van der Waals surface area contributed by atoms with Gasteiger partial charge in [0.25, 0.3) is 0 Å². The number of hydrogen-bond acceptors (Lipinski definition) is 4. The van der Waals surface area contributed by atoms with Crippen molar-refractivity contribution in [2.24, 2.45) is 0 Å². The van der Waals surface area contributed by atoms with E-state index >= 15 is 0 Å². The highest BCUT2D eigenvalue weighted by molar-refractivity contribution is 7.99. The normalized spacial score (nSPS) is 11.5. The second-order valence-electron chi connectivity index (χ2n) is 8.85. The topological polar surface area (TPSA) is 58.6 Å². The summed E-state index contributed by atoms with van der Waals surface area (Å²) in [5, 5.41) is 3.03. The summed E-state index contributed by atoms with van der Waals surface area (Å²) in [6.45, 7) is 5.04. The van der Waals surface area contributed by atoms with Gasteiger partial charge >= 0.3 is 0 Å². The predicted octanol–water partition coefficient (Wildman–Crippen LogP) is 5.40. The molecule has 0 bridgehead atoms. The molecule has 2 amide bonds. The maximum atomic E-state index is 13.6. The molecule has 3 rings (SSSR count). The number of carbonyl (C=O) groups excluding carboxylic acids is 2. The number of thioether (sulfide) groups is 1. The zero-order chi connectivity index (χ0) is 25.8. The Morgan fingerprint density at radius 1 is 0.944 bits per heavy atom. The summed E-state index contributed by atoms with van der Waals surface area (Å²) in [5.41, 5.74) is 4.30. The molecule has 36 heavy (non-hydrogen) atoms. The summed E-state index contributed by atoms with van der Waals surface area (Å²) in [5.74, 6) is 1.67. The van der Waals surface area contributed by atoms with Crippen molar-refractivity contribution in [2.45, 2.75) is 45.0 Å². The number of nitrogens with one attached hydrogen (secondary N) is 1. The molecule has 3 aromatic rings. The van der Waals surface area contributed by atoms with E-state index in [0.717, 1.165) is 34.4 Å². The van der Waals surface area contributed by atoms with E-state index in [0.29, 0.717) is 31.0 Å². The van der Waals surface area contributed by atoms with Gasteiger partial charge in [0, 0.05) is 25.3 Å². The van der Waals surface area contributed by atoms with Crippen LogP contribution in [0.25, 0.3) is 0 Å². The minimum absolute atomic E-state index is 0.0393. The highest BCUT2D eigenvalue weighted by Crippen LogP contribution is 2.20. The van der Waals surface area contributed by atoms with E-state index < -0.39 is 6.04 Å². The first-order valence-corrected chi connectivity index (χ1v) is 13.5. The lowest BCUT2D eigenvalue weighted by Crippen LogP contribution is -2.51. The summed E-state index contributed by atoms with van der Waals surface area (Å²) in [4.78, 5) is 28.7. The van der Waals surface area contributed by atoms with Crippen molar-refractivity contribution in [3.8, 4) is 5.75 Å². The summed E-state index contributed by atoms with van der Waals surface area (Å²) in [7, 11) is 1.65. The number of nitrogens with zero attached hydrogens (tertiary/aromatic N) is 1. The van der Waals surface area contributed by atoms with Gasteiger partial charge in [-0.25, -0.2) is 0 Å². The largest absolute Gasteiger partial charge is 0.497 e. The van der Waals surface area contributed by atoms with Crippen LogP contribution in [0.2, 0.25) is 0 Å². The van der Waals surface area contributed by atoms with Crippen LogP contribution in [0, 0.1) is 6.92 Å². The fraction of sp³-hybridized carbons (Fsp3) is 0.333. The maximum absolute atomic E-state index is 13.6. The van der Waals surface area contributed by atoms with Gasteiger partial charge in [-0.15, -0.1) is 11.8 Å². The van der Waals surface area contributed by atoms with E-state index in [1.165, 1.54) is 0 Å². The van der Waals surface area contributed by atoms with Gasteiger partial charge in [0.05, 0.1) is 12.9 Å². The lowest BCUT2D eigenvalue weighted by atomic mass is 10.0. The minimum Gasteiger partial charge on any atom is -0.497 e. The molecule has 1 atom stereocenters. The number of aryl methyl sites for hydroxylation is 1. The van der Waals surface area contributed by atoms with Gasteiger partial charge in [-0.3, -0.25) is 9.59 Å². The van der Waals surface area contributed by atoms with Gasteiger partial charge in [0.15, 0.2) is 0 Å². The van der Waals surface area contributed by atoms with Crippen molar-refractivity contribution in [3.63, 3.8) is 0 Å². The molecule has 0 aromatic heterocycles. The molecule has 0 saturated heterocycles. The van der Waals surface area contributed by atoms with Crippen LogP contribution in [0.3, 0.4) is 0 Å². The molecule has 0 heterocycles. The van der Waals surface area contributed by atoms with Gasteiger partial charge in [-0.05, 0) is 42.2 Å². The third kappa shape index (κ3) is 8.45. The van der Waals surface area contributed by atoms with E-state index in [-0.39, 0.29) is 11.8 Å². The molecule has 0 unspecified atom stereocenters. The number of rotatable bonds is 13. The number of hydrogen-bond donors (Lipinski definition) is 1. The van der Waals surface area contributed by atoms with E-state index in [2.05, 4.69) is 11.4 Å². The van der Waals surface area contributed by atoms with Gasteiger partial charge < -0.3 is 15.0 Å². The highest BCUT2D eigenvalue weighted by Gasteiger charge is 2.30. The molecule has 3 aromatic carbocycles. The van der Waals surface area contributed by atoms with Crippen LogP contribution < -0.4 is 10.1 Å². The first-order chi connectivity index (χ1) is 17.5. The van der Waals surface area contributed by atoms with Crippen molar-refractivity contribution in [1.82, 2.24) is 10.2 Å². The first kappa shape index (κ1) is 27.3. The van der Waals surface area contributed by atoms with E-state index in [1.54, 1.807) is 23.8 Å². The second kappa shape index (κ2) is 14.3. The smallest absolute Gasteiger partial charge is 0.243 e. The van der Waals surface area contributed by atoms with Crippen molar-refractivity contribution in [3.05, 3.63) is 101 Å². The number of ether oxygens (including phenoxy) is 1. The van der Waals surface area contributed by atoms with Gasteiger partial charge in [-0.1, -0.05) is 79.2 Å². The van der Waals surface area contributed by atoms with Crippen LogP contribution in [-0.4, -0.2) is 42.2 Å². The molecule has 0 aliphatic rings. The van der Waals surface area contributed by atoms with Crippen molar-refractivity contribution >= 4 is 23.6 Å². The van der Waals surface area contributed by atoms with Crippen molar-refractivity contribution in [1.29, 1.82) is 0 Å². The minimum atomic E-state index is -0.589. The lowest BCUT2D eigenvalue weighted by Gasteiger charge is -2.31. The molecule has 190 valence electrons. The monoisotopic (exact) mass is 504 g/mol. The summed E-state index contributed by atoms with van der Waals surface area (Å²) in [6.07, 6.45) is 1.31. The Bertz CT molecular complexity index is 1100. The molecule has 0 aliphatic carbocycles. The van der Waals surface area contributed by atoms with Crippen molar-refractivity contribution in [2.75, 3.05) is 19.4 Å². The molecule has 0 radical (unpaired) electrons. The Labute approximate surface area is 219 Å². The van der Waals surface area contributed by atoms with E-state index in [1.807, 2.05) is 86.6 Å². The van der Waals surface area contributed by atoms with E-state index in [4.69, 9.17) is 4.74 Å². The quantitative estimate of drug-likeness (QED) is 0.338. The molecular weight excluding hydrogens is 468 g/mol. The molecule has 0 aliphatic heterocycles. The highest BCUT2D eigenvalue weighted by atomic mass is 32.2. The van der Waals surface area contributed by atoms with Gasteiger partial charge in [0.1, 0.15) is 11.8 Å². The van der Waals surface area contributed by atoms with Gasteiger partial charge in [-0.2, -0.15) is 0 Å². The standard InChI is InChI=1S/C30H36N2O3S/c1-4-17-31-30(34)28(19-24-10-6-5-7-11-24)32(20-26-12-8-9-23(2)18-26)29(33)22-36-21-25-13-15-27(35-3)16-14-25/h5-16,18,28H,4,17,19-22H2,1-3H3,(H,31,34)/t28-/m1/s1. The molecule has 6 heteroatoms. The Morgan fingerprint density at radius 3 is 2.33 bits per heavy atom. The van der Waals surface area contributed by atoms with Crippen LogP contribution in [0.15, 0.2) is 78.9 Å². The fourth-order valence-electron chi connectivity index (χ4n) is 3.99. The van der Waals surface area contributed by atoms with E-state index in [9.17, 15) is 9.59 Å². The molecule has 0 spiro atoms. The number of methoxy groups -OCH3 is 1. The number of benzene rings is 3. The van der Waals surface area contributed by atoms with Crippen LogP contribution in [0.4, 0.5) is 0 Å². The molecular formula is C30H36N2O3S. The fourth-order valence-corrected chi connectivity index (χ4v) is 4.86. The Hall–Kier alpha value is -3.25. The molecule has 0 saturated carbocycles. The summed E-state index contributed by atoms with van der Waals surface area (Å²) in [6, 6.07) is 25.3. The predicted molar refractivity (Wildman–Crippen MR) is 148 cm³/mol. The Kier molecular flexibility index (Phi) is 10.9. The zero-order valence-electron chi connectivity index (χ0n) is 21.4. The van der Waals surface area contributed by atoms with Crippen molar-refractivity contribution < 1.29 is 14.3 Å². The van der Waals surface area contributed by atoms with Crippen LogP contribution in [0.1, 0.15) is 35.6 Å². The lowest BCUT2D eigenvalue weighted by molar-refractivity contribution is -0.139.